The monoisotopic (exact) mass is 394 g/mol. The average Bonchev–Trinajstić information content (AvgIpc) is 2.32. The number of ether oxygens (including phenoxy) is 1. The van der Waals surface area contributed by atoms with E-state index in [4.69, 9.17) is 0 Å². The van der Waals surface area contributed by atoms with Crippen LogP contribution in [0.25, 0.3) is 0 Å². The van der Waals surface area contributed by atoms with Gasteiger partial charge >= 0.3 is 24.7 Å². The van der Waals surface area contributed by atoms with E-state index in [1.165, 1.54) is 0 Å². The Labute approximate surface area is 131 Å². The molecule has 0 aliphatic rings. The molecule has 0 radical (unpaired) electrons. The second-order valence-electron chi connectivity index (χ2n) is 4.67. The largest absolute Gasteiger partial charge is 0.480 e. The molecule has 1 atom stereocenters. The van der Waals surface area contributed by atoms with E-state index in [0.717, 1.165) is 0 Å². The van der Waals surface area contributed by atoms with Crippen molar-refractivity contribution in [3.05, 3.63) is 29.8 Å². The Morgan fingerprint density at radius 1 is 0.680 bits per heavy atom. The van der Waals surface area contributed by atoms with E-state index in [1.807, 2.05) is 0 Å². The quantitative estimate of drug-likeness (QED) is 0.593. The van der Waals surface area contributed by atoms with Crippen molar-refractivity contribution >= 4 is 0 Å². The van der Waals surface area contributed by atoms with Crippen molar-refractivity contribution < 1.29 is 57.4 Å². The maximum Gasteiger partial charge on any atom is 0.426 e. The summed E-state index contributed by atoms with van der Waals surface area (Å²) in [5.41, 5.74) is -1.61. The molecule has 0 saturated heterocycles. The molecule has 0 amide bonds. The SMILES string of the molecule is FC(F)(F)c1cccc(OC(C(C(F)(F)F)C(F)(F)F)C(F)(F)F)c1. The highest BCUT2D eigenvalue weighted by atomic mass is 19.4. The molecule has 0 fully saturated rings. The van der Waals surface area contributed by atoms with Crippen LogP contribution >= 0.6 is 0 Å². The van der Waals surface area contributed by atoms with Crippen LogP contribution in [0.2, 0.25) is 0 Å². The predicted octanol–water partition coefficient (Wildman–Crippen LogP) is 5.76. The third-order valence-corrected chi connectivity index (χ3v) is 2.76. The van der Waals surface area contributed by atoms with Crippen LogP contribution in [-0.4, -0.2) is 24.6 Å². The van der Waals surface area contributed by atoms with E-state index in [9.17, 15) is 52.7 Å². The van der Waals surface area contributed by atoms with Gasteiger partial charge in [0.15, 0.2) is 5.92 Å². The number of hydrogen-bond donors (Lipinski definition) is 0. The standard InChI is InChI=1S/C12H6F12O/c13-9(14,15)5-2-1-3-6(4-5)25-8(12(22,23)24)7(10(16,17)18)11(19,20)21/h1-4,7-8H. The first-order valence-corrected chi connectivity index (χ1v) is 5.98. The lowest BCUT2D eigenvalue weighted by Gasteiger charge is -2.32. The van der Waals surface area contributed by atoms with E-state index in [2.05, 4.69) is 4.74 Å². The average molecular weight is 394 g/mol. The topological polar surface area (TPSA) is 9.23 Å². The Hall–Kier alpha value is -1.82. The molecular weight excluding hydrogens is 388 g/mol. The first-order chi connectivity index (χ1) is 10.9. The molecule has 0 heterocycles. The van der Waals surface area contributed by atoms with Crippen molar-refractivity contribution in [1.29, 1.82) is 0 Å². The number of rotatable bonds is 3. The van der Waals surface area contributed by atoms with Gasteiger partial charge in [0.25, 0.3) is 0 Å². The maximum absolute atomic E-state index is 12.7. The summed E-state index contributed by atoms with van der Waals surface area (Å²) in [4.78, 5) is 0. The molecular formula is C12H6F12O. The van der Waals surface area contributed by atoms with Crippen LogP contribution in [0, 0.1) is 5.92 Å². The summed E-state index contributed by atoms with van der Waals surface area (Å²) in [5, 5.41) is 0. The molecule has 13 heteroatoms. The predicted molar refractivity (Wildman–Crippen MR) is 57.5 cm³/mol. The fourth-order valence-corrected chi connectivity index (χ4v) is 1.75. The van der Waals surface area contributed by atoms with E-state index in [1.54, 1.807) is 0 Å². The van der Waals surface area contributed by atoms with Gasteiger partial charge in [-0.1, -0.05) is 6.07 Å². The minimum absolute atomic E-state index is 0.136. The van der Waals surface area contributed by atoms with Crippen molar-refractivity contribution in [2.75, 3.05) is 0 Å². The maximum atomic E-state index is 12.7. The van der Waals surface area contributed by atoms with Gasteiger partial charge in [-0.15, -0.1) is 0 Å². The van der Waals surface area contributed by atoms with Crippen molar-refractivity contribution in [3.63, 3.8) is 0 Å². The lowest BCUT2D eigenvalue weighted by atomic mass is 10.00. The summed E-state index contributed by atoms with van der Waals surface area (Å²) in [7, 11) is 0. The van der Waals surface area contributed by atoms with Crippen molar-refractivity contribution in [3.8, 4) is 5.75 Å². The molecule has 0 aliphatic carbocycles. The van der Waals surface area contributed by atoms with Gasteiger partial charge in [0.1, 0.15) is 5.75 Å². The fourth-order valence-electron chi connectivity index (χ4n) is 1.75. The van der Waals surface area contributed by atoms with Crippen LogP contribution in [-0.2, 0) is 6.18 Å². The van der Waals surface area contributed by atoms with Gasteiger partial charge in [-0.3, -0.25) is 0 Å². The molecule has 0 saturated carbocycles. The van der Waals surface area contributed by atoms with Crippen LogP contribution in [0.1, 0.15) is 5.56 Å². The van der Waals surface area contributed by atoms with Gasteiger partial charge in [0.05, 0.1) is 5.56 Å². The molecule has 1 rings (SSSR count). The van der Waals surface area contributed by atoms with Crippen molar-refractivity contribution in [2.45, 2.75) is 30.8 Å². The number of benzene rings is 1. The Bertz CT molecular complexity index is 565. The molecule has 0 spiro atoms. The molecule has 25 heavy (non-hydrogen) atoms. The molecule has 1 nitrogen and oxygen atoms in total. The molecule has 0 aromatic heterocycles. The Balaban J connectivity index is 3.35. The zero-order valence-corrected chi connectivity index (χ0v) is 11.4. The van der Waals surface area contributed by atoms with Gasteiger partial charge in [0.2, 0.25) is 6.10 Å². The normalized spacial score (nSPS) is 15.4. The van der Waals surface area contributed by atoms with E-state index in [0.29, 0.717) is 18.2 Å². The van der Waals surface area contributed by atoms with Gasteiger partial charge in [-0.05, 0) is 18.2 Å². The van der Waals surface area contributed by atoms with Crippen LogP contribution in [0.4, 0.5) is 52.7 Å². The Morgan fingerprint density at radius 2 is 1.16 bits per heavy atom. The third-order valence-electron chi connectivity index (χ3n) is 2.76. The summed E-state index contributed by atoms with van der Waals surface area (Å²) in [6, 6.07) is 1.06. The third kappa shape index (κ3) is 5.59. The molecule has 0 N–H and O–H groups in total. The second kappa shape index (κ2) is 6.48. The van der Waals surface area contributed by atoms with Crippen molar-refractivity contribution in [2.24, 2.45) is 5.92 Å². The lowest BCUT2D eigenvalue weighted by Crippen LogP contribution is -2.53. The molecule has 1 unspecified atom stereocenters. The highest BCUT2D eigenvalue weighted by molar-refractivity contribution is 5.30. The first-order valence-electron chi connectivity index (χ1n) is 5.98. The van der Waals surface area contributed by atoms with Crippen LogP contribution in [0.15, 0.2) is 24.3 Å². The van der Waals surface area contributed by atoms with Crippen LogP contribution < -0.4 is 4.74 Å². The van der Waals surface area contributed by atoms with E-state index >= 15 is 0 Å². The highest BCUT2D eigenvalue weighted by Gasteiger charge is 2.68. The smallest absolute Gasteiger partial charge is 0.426 e. The van der Waals surface area contributed by atoms with E-state index in [-0.39, 0.29) is 6.07 Å². The lowest BCUT2D eigenvalue weighted by molar-refractivity contribution is -0.340. The van der Waals surface area contributed by atoms with Gasteiger partial charge in [-0.2, -0.15) is 52.7 Å². The number of alkyl halides is 12. The second-order valence-corrected chi connectivity index (χ2v) is 4.67. The fraction of sp³-hybridized carbons (Fsp3) is 0.500. The van der Waals surface area contributed by atoms with E-state index < -0.39 is 48.0 Å². The molecule has 0 aliphatic heterocycles. The number of halogens is 12. The summed E-state index contributed by atoms with van der Waals surface area (Å²) in [6.07, 6.45) is -28.5. The number of hydrogen-bond acceptors (Lipinski definition) is 1. The molecule has 144 valence electrons. The summed E-state index contributed by atoms with van der Waals surface area (Å²) in [6.45, 7) is 0. The minimum Gasteiger partial charge on any atom is -0.480 e. The zero-order valence-electron chi connectivity index (χ0n) is 11.4. The molecule has 0 bridgehead atoms. The van der Waals surface area contributed by atoms with Crippen LogP contribution in [0.3, 0.4) is 0 Å². The Kier molecular flexibility index (Phi) is 5.50. The minimum atomic E-state index is -6.40. The molecule has 1 aromatic rings. The van der Waals surface area contributed by atoms with Gasteiger partial charge in [-0.25, -0.2) is 0 Å². The summed E-state index contributed by atoms with van der Waals surface area (Å²) < 4.78 is 154. The molecule has 1 aromatic carbocycles. The van der Waals surface area contributed by atoms with Gasteiger partial charge < -0.3 is 4.74 Å². The highest BCUT2D eigenvalue weighted by Crippen LogP contribution is 2.47. The summed E-state index contributed by atoms with van der Waals surface area (Å²) >= 11 is 0. The summed E-state index contributed by atoms with van der Waals surface area (Å²) in [5.74, 6) is -6.43. The zero-order chi connectivity index (χ0) is 19.8. The van der Waals surface area contributed by atoms with Gasteiger partial charge in [0, 0.05) is 0 Å². The van der Waals surface area contributed by atoms with Crippen LogP contribution in [0.5, 0.6) is 5.75 Å². The first kappa shape index (κ1) is 21.2. The Morgan fingerprint density at radius 3 is 1.52 bits per heavy atom. The van der Waals surface area contributed by atoms with Crippen molar-refractivity contribution in [1.82, 2.24) is 0 Å².